The first kappa shape index (κ1) is 20.4. The van der Waals surface area contributed by atoms with Crippen molar-refractivity contribution in [3.8, 4) is 0 Å². The van der Waals surface area contributed by atoms with Crippen LogP contribution in [0, 0.1) is 0 Å². The van der Waals surface area contributed by atoms with Crippen LogP contribution in [0.4, 0.5) is 10.5 Å². The van der Waals surface area contributed by atoms with E-state index in [1.54, 1.807) is 0 Å². The first-order valence-corrected chi connectivity index (χ1v) is 9.45. The quantitative estimate of drug-likeness (QED) is 0.567. The van der Waals surface area contributed by atoms with E-state index in [9.17, 15) is 4.79 Å². The van der Waals surface area contributed by atoms with Crippen LogP contribution < -0.4 is 10.6 Å². The third kappa shape index (κ3) is 6.78. The van der Waals surface area contributed by atoms with Gasteiger partial charge in [0.25, 0.3) is 0 Å². The second-order valence-electron chi connectivity index (χ2n) is 5.79. The number of benzene rings is 2. The summed E-state index contributed by atoms with van der Waals surface area (Å²) >= 11 is 3.51. The summed E-state index contributed by atoms with van der Waals surface area (Å²) in [6.07, 6.45) is 0. The fourth-order valence-corrected chi connectivity index (χ4v) is 3.09. The summed E-state index contributed by atoms with van der Waals surface area (Å²) in [5, 5.41) is 5.81. The molecule has 0 radical (unpaired) electrons. The number of nitrogens with one attached hydrogen (secondary N) is 2. The lowest BCUT2D eigenvalue weighted by atomic mass is 10.1. The number of anilines is 1. The van der Waals surface area contributed by atoms with Crippen LogP contribution in [0.1, 0.15) is 31.0 Å². The summed E-state index contributed by atoms with van der Waals surface area (Å²) in [5.74, 6) is 0. The predicted molar refractivity (Wildman–Crippen MR) is 107 cm³/mol. The van der Waals surface area contributed by atoms with Gasteiger partial charge < -0.3 is 20.1 Å². The molecule has 0 aliphatic carbocycles. The summed E-state index contributed by atoms with van der Waals surface area (Å²) in [6, 6.07) is 15.1. The van der Waals surface area contributed by atoms with Gasteiger partial charge in [-0.2, -0.15) is 0 Å². The zero-order valence-electron chi connectivity index (χ0n) is 15.1. The monoisotopic (exact) mass is 420 g/mol. The Bertz CT molecular complexity index is 709. The number of carbonyl (C=O) groups is 1. The van der Waals surface area contributed by atoms with Crippen molar-refractivity contribution in [1.29, 1.82) is 0 Å². The predicted octanol–water partition coefficient (Wildman–Crippen LogP) is 4.88. The molecule has 26 heavy (non-hydrogen) atoms. The maximum atomic E-state index is 12.3. The molecule has 2 aromatic carbocycles. The fourth-order valence-electron chi connectivity index (χ4n) is 2.46. The lowest BCUT2D eigenvalue weighted by Gasteiger charge is -2.16. The average Bonchev–Trinajstić information content (AvgIpc) is 2.62. The van der Waals surface area contributed by atoms with E-state index in [4.69, 9.17) is 9.47 Å². The number of amides is 2. The van der Waals surface area contributed by atoms with Gasteiger partial charge in [-0.3, -0.25) is 0 Å². The molecule has 0 saturated heterocycles. The van der Waals surface area contributed by atoms with Gasteiger partial charge in [-0.1, -0.05) is 46.3 Å². The molecular weight excluding hydrogens is 396 g/mol. The van der Waals surface area contributed by atoms with Crippen LogP contribution in [-0.4, -0.2) is 25.9 Å². The largest absolute Gasteiger partial charge is 0.379 e. The lowest BCUT2D eigenvalue weighted by molar-refractivity contribution is 0.0453. The highest BCUT2D eigenvalue weighted by Crippen LogP contribution is 2.22. The number of hydrogen-bond acceptors (Lipinski definition) is 3. The summed E-state index contributed by atoms with van der Waals surface area (Å²) in [5.41, 5.74) is 2.75. The minimum absolute atomic E-state index is 0.115. The number of urea groups is 1. The molecule has 2 N–H and O–H groups in total. The van der Waals surface area contributed by atoms with Crippen molar-refractivity contribution in [3.63, 3.8) is 0 Å². The Hall–Kier alpha value is -1.89. The van der Waals surface area contributed by atoms with Gasteiger partial charge in [0.15, 0.2) is 0 Å². The minimum Gasteiger partial charge on any atom is -0.379 e. The van der Waals surface area contributed by atoms with E-state index in [0.717, 1.165) is 21.3 Å². The molecule has 140 valence electrons. The van der Waals surface area contributed by atoms with Crippen molar-refractivity contribution < 1.29 is 14.3 Å². The summed E-state index contributed by atoms with van der Waals surface area (Å²) in [4.78, 5) is 12.3. The smallest absolute Gasteiger partial charge is 0.319 e. The Morgan fingerprint density at radius 2 is 1.88 bits per heavy atom. The zero-order chi connectivity index (χ0) is 18.8. The Kier molecular flexibility index (Phi) is 8.61. The van der Waals surface area contributed by atoms with Crippen LogP contribution >= 0.6 is 15.9 Å². The Morgan fingerprint density at radius 1 is 1.12 bits per heavy atom. The fraction of sp³-hybridized carbons (Fsp3) is 0.350. The van der Waals surface area contributed by atoms with Crippen LogP contribution in [0.2, 0.25) is 0 Å². The van der Waals surface area contributed by atoms with Crippen molar-refractivity contribution >= 4 is 27.6 Å². The van der Waals surface area contributed by atoms with Gasteiger partial charge in [-0.15, -0.1) is 0 Å². The second-order valence-corrected chi connectivity index (χ2v) is 6.65. The van der Waals surface area contributed by atoms with Gasteiger partial charge in [0.1, 0.15) is 0 Å². The number of hydrogen-bond donors (Lipinski definition) is 2. The molecule has 5 nitrogen and oxygen atoms in total. The van der Waals surface area contributed by atoms with E-state index in [1.807, 2.05) is 62.4 Å². The molecule has 0 saturated carbocycles. The van der Waals surface area contributed by atoms with E-state index in [-0.39, 0.29) is 12.1 Å². The molecule has 0 fully saturated rings. The molecule has 1 unspecified atom stereocenters. The molecule has 2 amide bonds. The second kappa shape index (κ2) is 11.0. The summed E-state index contributed by atoms with van der Waals surface area (Å²) in [6.45, 7) is 6.21. The SMILES string of the molecule is CCOCCOCc1cccc(NC(=O)NC(C)c2ccccc2Br)c1. The molecule has 2 aromatic rings. The van der Waals surface area contributed by atoms with Crippen LogP contribution in [0.15, 0.2) is 53.0 Å². The minimum atomic E-state index is -0.248. The van der Waals surface area contributed by atoms with E-state index in [2.05, 4.69) is 26.6 Å². The molecular formula is C20H25BrN2O3. The summed E-state index contributed by atoms with van der Waals surface area (Å²) < 4.78 is 11.8. The maximum Gasteiger partial charge on any atom is 0.319 e. The first-order chi connectivity index (χ1) is 12.6. The highest BCUT2D eigenvalue weighted by molar-refractivity contribution is 9.10. The van der Waals surface area contributed by atoms with E-state index >= 15 is 0 Å². The molecule has 0 aliphatic heterocycles. The van der Waals surface area contributed by atoms with Crippen molar-refractivity contribution in [2.24, 2.45) is 0 Å². The molecule has 1 atom stereocenters. The molecule has 6 heteroatoms. The average molecular weight is 421 g/mol. The summed E-state index contributed by atoms with van der Waals surface area (Å²) in [7, 11) is 0. The Labute approximate surface area is 163 Å². The Morgan fingerprint density at radius 3 is 2.65 bits per heavy atom. The van der Waals surface area contributed by atoms with Crippen molar-refractivity contribution in [3.05, 3.63) is 64.1 Å². The normalized spacial score (nSPS) is 11.8. The first-order valence-electron chi connectivity index (χ1n) is 8.66. The van der Waals surface area contributed by atoms with Gasteiger partial charge >= 0.3 is 6.03 Å². The van der Waals surface area contributed by atoms with Crippen LogP contribution in [0.5, 0.6) is 0 Å². The molecule has 0 bridgehead atoms. The third-order valence-corrected chi connectivity index (χ3v) is 4.47. The van der Waals surface area contributed by atoms with E-state index in [1.165, 1.54) is 0 Å². The topological polar surface area (TPSA) is 59.6 Å². The molecule has 2 rings (SSSR count). The standard InChI is InChI=1S/C20H25BrN2O3/c1-3-25-11-12-26-14-16-7-6-8-17(13-16)23-20(24)22-15(2)18-9-4-5-10-19(18)21/h4-10,13,15H,3,11-12,14H2,1-2H3,(H2,22,23,24). The lowest BCUT2D eigenvalue weighted by Crippen LogP contribution is -2.31. The van der Waals surface area contributed by atoms with Crippen molar-refractivity contribution in [2.45, 2.75) is 26.5 Å². The number of carbonyl (C=O) groups excluding carboxylic acids is 1. The van der Waals surface area contributed by atoms with Crippen LogP contribution in [0.25, 0.3) is 0 Å². The van der Waals surface area contributed by atoms with Gasteiger partial charge in [0, 0.05) is 16.8 Å². The van der Waals surface area contributed by atoms with Gasteiger partial charge in [-0.05, 0) is 43.2 Å². The highest BCUT2D eigenvalue weighted by atomic mass is 79.9. The molecule has 0 aliphatic rings. The molecule has 0 heterocycles. The number of halogens is 1. The number of ether oxygens (including phenoxy) is 2. The third-order valence-electron chi connectivity index (χ3n) is 3.75. The van der Waals surface area contributed by atoms with Crippen LogP contribution in [-0.2, 0) is 16.1 Å². The van der Waals surface area contributed by atoms with Crippen molar-refractivity contribution in [1.82, 2.24) is 5.32 Å². The van der Waals surface area contributed by atoms with E-state index in [0.29, 0.717) is 26.4 Å². The van der Waals surface area contributed by atoms with E-state index < -0.39 is 0 Å². The van der Waals surface area contributed by atoms with Gasteiger partial charge in [0.2, 0.25) is 0 Å². The van der Waals surface area contributed by atoms with Crippen molar-refractivity contribution in [2.75, 3.05) is 25.1 Å². The van der Waals surface area contributed by atoms with Gasteiger partial charge in [-0.25, -0.2) is 4.79 Å². The Balaban J connectivity index is 1.85. The number of rotatable bonds is 9. The highest BCUT2D eigenvalue weighted by Gasteiger charge is 2.12. The van der Waals surface area contributed by atoms with Crippen LogP contribution in [0.3, 0.4) is 0 Å². The maximum absolute atomic E-state index is 12.3. The van der Waals surface area contributed by atoms with Gasteiger partial charge in [0.05, 0.1) is 25.9 Å². The zero-order valence-corrected chi connectivity index (χ0v) is 16.7. The molecule has 0 aromatic heterocycles. The molecule has 0 spiro atoms.